The molecule has 1 aromatic rings. The summed E-state index contributed by atoms with van der Waals surface area (Å²) in [7, 11) is 0. The third kappa shape index (κ3) is 2.57. The van der Waals surface area contributed by atoms with Gasteiger partial charge < -0.3 is 9.47 Å². The number of carbonyl (C=O) groups is 1. The van der Waals surface area contributed by atoms with E-state index in [2.05, 4.69) is 15.9 Å². The van der Waals surface area contributed by atoms with Crippen LogP contribution >= 0.6 is 15.9 Å². The number of ether oxygens (including phenoxy) is 2. The van der Waals surface area contributed by atoms with Crippen LogP contribution in [0.5, 0.6) is 0 Å². The number of hydrogen-bond acceptors (Lipinski definition) is 3. The first kappa shape index (κ1) is 14.2. The second-order valence-corrected chi connectivity index (χ2v) is 6.65. The maximum absolute atomic E-state index is 12.8. The van der Waals surface area contributed by atoms with Gasteiger partial charge in [-0.05, 0) is 31.4 Å². The zero-order chi connectivity index (χ0) is 14.2. The van der Waals surface area contributed by atoms with Gasteiger partial charge in [-0.15, -0.1) is 0 Å². The normalized spacial score (nSPS) is 29.8. The van der Waals surface area contributed by atoms with E-state index >= 15 is 0 Å². The SMILES string of the molecule is Cc1c(Br)cccc1C(=O)C1CCOC2(CCOC2)C1. The molecular formula is C16H19BrO3. The van der Waals surface area contributed by atoms with Gasteiger partial charge in [0.15, 0.2) is 5.78 Å². The minimum atomic E-state index is -0.210. The van der Waals surface area contributed by atoms with Gasteiger partial charge in [-0.1, -0.05) is 28.1 Å². The largest absolute Gasteiger partial charge is 0.378 e. The van der Waals surface area contributed by atoms with Gasteiger partial charge in [0, 0.05) is 35.6 Å². The van der Waals surface area contributed by atoms with Crippen molar-refractivity contribution in [1.82, 2.24) is 0 Å². The van der Waals surface area contributed by atoms with Gasteiger partial charge in [0.25, 0.3) is 0 Å². The Balaban J connectivity index is 1.81. The van der Waals surface area contributed by atoms with Crippen molar-refractivity contribution >= 4 is 21.7 Å². The van der Waals surface area contributed by atoms with Crippen LogP contribution in [0.2, 0.25) is 0 Å². The Labute approximate surface area is 127 Å². The van der Waals surface area contributed by atoms with Gasteiger partial charge in [-0.25, -0.2) is 0 Å². The first-order valence-corrected chi connectivity index (χ1v) is 7.92. The van der Waals surface area contributed by atoms with E-state index < -0.39 is 0 Å². The standard InChI is InChI=1S/C16H19BrO3/c1-11-13(3-2-4-14(11)17)15(18)12-5-7-20-16(9-12)6-8-19-10-16/h2-4,12H,5-10H2,1H3. The van der Waals surface area contributed by atoms with Gasteiger partial charge >= 0.3 is 0 Å². The van der Waals surface area contributed by atoms with Gasteiger partial charge in [-0.2, -0.15) is 0 Å². The first-order valence-electron chi connectivity index (χ1n) is 7.12. The highest BCUT2D eigenvalue weighted by Crippen LogP contribution is 2.37. The molecule has 2 heterocycles. The third-order valence-corrected chi connectivity index (χ3v) is 5.32. The summed E-state index contributed by atoms with van der Waals surface area (Å²) < 4.78 is 12.4. The highest BCUT2D eigenvalue weighted by molar-refractivity contribution is 9.10. The lowest BCUT2D eigenvalue weighted by atomic mass is 9.80. The van der Waals surface area contributed by atoms with Crippen molar-refractivity contribution in [3.05, 3.63) is 33.8 Å². The molecule has 0 bridgehead atoms. The molecule has 20 heavy (non-hydrogen) atoms. The molecule has 2 saturated heterocycles. The Hall–Kier alpha value is -0.710. The second kappa shape index (κ2) is 5.58. The molecule has 0 N–H and O–H groups in total. The van der Waals surface area contributed by atoms with Crippen LogP contribution in [0.3, 0.4) is 0 Å². The number of rotatable bonds is 2. The molecule has 0 aromatic heterocycles. The number of halogens is 1. The Morgan fingerprint density at radius 1 is 1.40 bits per heavy atom. The molecule has 2 atom stereocenters. The fraction of sp³-hybridized carbons (Fsp3) is 0.562. The quantitative estimate of drug-likeness (QED) is 0.774. The molecular weight excluding hydrogens is 320 g/mol. The lowest BCUT2D eigenvalue weighted by Gasteiger charge is -2.36. The minimum absolute atomic E-state index is 0.0541. The van der Waals surface area contributed by atoms with Crippen molar-refractivity contribution < 1.29 is 14.3 Å². The fourth-order valence-electron chi connectivity index (χ4n) is 3.21. The van der Waals surface area contributed by atoms with Gasteiger partial charge in [-0.3, -0.25) is 4.79 Å². The van der Waals surface area contributed by atoms with Crippen molar-refractivity contribution in [2.24, 2.45) is 5.92 Å². The van der Waals surface area contributed by atoms with E-state index in [0.29, 0.717) is 13.2 Å². The number of benzene rings is 1. The molecule has 2 aliphatic heterocycles. The Kier molecular flexibility index (Phi) is 3.98. The second-order valence-electron chi connectivity index (χ2n) is 5.80. The Morgan fingerprint density at radius 3 is 3.00 bits per heavy atom. The van der Waals surface area contributed by atoms with Crippen LogP contribution in [0, 0.1) is 12.8 Å². The maximum atomic E-state index is 12.8. The van der Waals surface area contributed by atoms with E-state index in [4.69, 9.17) is 9.47 Å². The molecule has 3 rings (SSSR count). The predicted octanol–water partition coefficient (Wildman–Crippen LogP) is 3.53. The van der Waals surface area contributed by atoms with E-state index in [-0.39, 0.29) is 17.3 Å². The summed E-state index contributed by atoms with van der Waals surface area (Å²) in [5.74, 6) is 0.303. The highest BCUT2D eigenvalue weighted by atomic mass is 79.9. The van der Waals surface area contributed by atoms with E-state index in [9.17, 15) is 4.79 Å². The molecule has 0 aliphatic carbocycles. The molecule has 0 radical (unpaired) electrons. The lowest BCUT2D eigenvalue weighted by Crippen LogP contribution is -2.42. The van der Waals surface area contributed by atoms with Crippen LogP contribution in [-0.2, 0) is 9.47 Å². The summed E-state index contributed by atoms with van der Waals surface area (Å²) in [6.45, 7) is 4.03. The van der Waals surface area contributed by atoms with E-state index in [1.54, 1.807) is 0 Å². The summed E-state index contributed by atoms with van der Waals surface area (Å²) in [4.78, 5) is 12.8. The number of carbonyl (C=O) groups excluding carboxylic acids is 1. The van der Waals surface area contributed by atoms with Crippen LogP contribution in [0.1, 0.15) is 35.2 Å². The molecule has 1 aromatic carbocycles. The average Bonchev–Trinajstić information content (AvgIpc) is 2.89. The average molecular weight is 339 g/mol. The molecule has 108 valence electrons. The van der Waals surface area contributed by atoms with E-state index in [0.717, 1.165) is 41.5 Å². The third-order valence-electron chi connectivity index (χ3n) is 4.46. The summed E-state index contributed by atoms with van der Waals surface area (Å²) in [5.41, 5.74) is 1.65. The molecule has 2 fully saturated rings. The topological polar surface area (TPSA) is 35.5 Å². The van der Waals surface area contributed by atoms with Crippen LogP contribution < -0.4 is 0 Å². The van der Waals surface area contributed by atoms with Crippen LogP contribution in [-0.4, -0.2) is 31.2 Å². The van der Waals surface area contributed by atoms with Crippen LogP contribution in [0.25, 0.3) is 0 Å². The minimum Gasteiger partial charge on any atom is -0.378 e. The summed E-state index contributed by atoms with van der Waals surface area (Å²) in [6.07, 6.45) is 2.51. The molecule has 3 nitrogen and oxygen atoms in total. The molecule has 2 aliphatic rings. The fourth-order valence-corrected chi connectivity index (χ4v) is 3.58. The number of hydrogen-bond donors (Lipinski definition) is 0. The van der Waals surface area contributed by atoms with Gasteiger partial charge in [0.05, 0.1) is 12.2 Å². The molecule has 0 saturated carbocycles. The van der Waals surface area contributed by atoms with E-state index in [1.165, 1.54) is 0 Å². The van der Waals surface area contributed by atoms with Crippen LogP contribution in [0.15, 0.2) is 22.7 Å². The zero-order valence-corrected chi connectivity index (χ0v) is 13.2. The highest BCUT2D eigenvalue weighted by Gasteiger charge is 2.43. The number of Topliss-reactive ketones (excluding diaryl/α,β-unsaturated/α-hetero) is 1. The van der Waals surface area contributed by atoms with Gasteiger partial charge in [0.1, 0.15) is 0 Å². The summed E-state index contributed by atoms with van der Waals surface area (Å²) >= 11 is 3.50. The molecule has 0 amide bonds. The van der Waals surface area contributed by atoms with Crippen molar-refractivity contribution in [1.29, 1.82) is 0 Å². The van der Waals surface area contributed by atoms with Crippen molar-refractivity contribution in [2.75, 3.05) is 19.8 Å². The Bertz CT molecular complexity index is 520. The zero-order valence-electron chi connectivity index (χ0n) is 11.7. The Morgan fingerprint density at radius 2 is 2.25 bits per heavy atom. The molecule has 1 spiro atoms. The van der Waals surface area contributed by atoms with Crippen molar-refractivity contribution in [3.63, 3.8) is 0 Å². The summed E-state index contributed by atoms with van der Waals surface area (Å²) in [5, 5.41) is 0. The number of ketones is 1. The van der Waals surface area contributed by atoms with Crippen LogP contribution in [0.4, 0.5) is 0 Å². The molecule has 4 heteroatoms. The lowest BCUT2D eigenvalue weighted by molar-refractivity contribution is -0.0920. The van der Waals surface area contributed by atoms with Crippen molar-refractivity contribution in [2.45, 2.75) is 31.8 Å². The first-order chi connectivity index (χ1) is 9.61. The van der Waals surface area contributed by atoms with Crippen molar-refractivity contribution in [3.8, 4) is 0 Å². The predicted molar refractivity (Wildman–Crippen MR) is 80.1 cm³/mol. The maximum Gasteiger partial charge on any atom is 0.166 e. The van der Waals surface area contributed by atoms with Gasteiger partial charge in [0.2, 0.25) is 0 Å². The molecule has 2 unspecified atom stereocenters. The summed E-state index contributed by atoms with van der Waals surface area (Å²) in [6, 6.07) is 5.83. The smallest absolute Gasteiger partial charge is 0.166 e. The monoisotopic (exact) mass is 338 g/mol. The van der Waals surface area contributed by atoms with E-state index in [1.807, 2.05) is 25.1 Å².